The molecule has 1 aromatic heterocycles. The van der Waals surface area contributed by atoms with Gasteiger partial charge in [-0.05, 0) is 37.6 Å². The summed E-state index contributed by atoms with van der Waals surface area (Å²) in [5, 5.41) is 4.14. The van der Waals surface area contributed by atoms with Gasteiger partial charge in [0.25, 0.3) is 0 Å². The Hall–Kier alpha value is -1.65. The van der Waals surface area contributed by atoms with Gasteiger partial charge in [-0.3, -0.25) is 0 Å². The van der Waals surface area contributed by atoms with Gasteiger partial charge in [-0.2, -0.15) is 0 Å². The van der Waals surface area contributed by atoms with Crippen LogP contribution in [0.3, 0.4) is 0 Å². The zero-order chi connectivity index (χ0) is 14.7. The van der Waals surface area contributed by atoms with Crippen LogP contribution in [0.15, 0.2) is 30.5 Å². The van der Waals surface area contributed by atoms with E-state index in [1.807, 2.05) is 37.4 Å². The number of rotatable bonds is 2. The molecule has 5 heteroatoms. The first-order valence-electron chi connectivity index (χ1n) is 7.29. The van der Waals surface area contributed by atoms with Crippen LogP contribution in [-0.4, -0.2) is 36.1 Å². The molecule has 3 rings (SSSR count). The van der Waals surface area contributed by atoms with Crippen molar-refractivity contribution in [2.45, 2.75) is 13.3 Å². The highest BCUT2D eigenvalue weighted by molar-refractivity contribution is 6.30. The molecule has 0 spiro atoms. The quantitative estimate of drug-likeness (QED) is 0.926. The first-order valence-corrected chi connectivity index (χ1v) is 7.67. The van der Waals surface area contributed by atoms with E-state index in [0.717, 1.165) is 60.4 Å². The first-order chi connectivity index (χ1) is 10.2. The SMILES string of the molecule is Cc1nc(N2CCCNCC2)ncc1-c1ccc(Cl)cc1. The smallest absolute Gasteiger partial charge is 0.225 e. The van der Waals surface area contributed by atoms with E-state index in [-0.39, 0.29) is 0 Å². The fourth-order valence-electron chi connectivity index (χ4n) is 2.57. The van der Waals surface area contributed by atoms with Crippen LogP contribution in [0.4, 0.5) is 5.95 Å². The summed E-state index contributed by atoms with van der Waals surface area (Å²) in [6.07, 6.45) is 3.04. The Balaban J connectivity index is 1.86. The van der Waals surface area contributed by atoms with Crippen LogP contribution in [0.2, 0.25) is 5.02 Å². The summed E-state index contributed by atoms with van der Waals surface area (Å²) in [6.45, 7) is 6.05. The molecule has 1 aromatic carbocycles. The Morgan fingerprint density at radius 2 is 1.95 bits per heavy atom. The molecule has 1 aliphatic rings. The van der Waals surface area contributed by atoms with Crippen molar-refractivity contribution in [1.82, 2.24) is 15.3 Å². The maximum atomic E-state index is 5.94. The second kappa shape index (κ2) is 6.41. The number of benzene rings is 1. The van der Waals surface area contributed by atoms with Crippen molar-refractivity contribution in [3.05, 3.63) is 41.2 Å². The topological polar surface area (TPSA) is 41.1 Å². The van der Waals surface area contributed by atoms with E-state index < -0.39 is 0 Å². The lowest BCUT2D eigenvalue weighted by molar-refractivity contribution is 0.724. The fourth-order valence-corrected chi connectivity index (χ4v) is 2.69. The van der Waals surface area contributed by atoms with Crippen LogP contribution in [0, 0.1) is 6.92 Å². The van der Waals surface area contributed by atoms with E-state index in [2.05, 4.69) is 15.2 Å². The predicted molar refractivity (Wildman–Crippen MR) is 86.9 cm³/mol. The number of aryl methyl sites for hydroxylation is 1. The lowest BCUT2D eigenvalue weighted by Gasteiger charge is -2.20. The van der Waals surface area contributed by atoms with Crippen molar-refractivity contribution in [3.8, 4) is 11.1 Å². The van der Waals surface area contributed by atoms with Crippen molar-refractivity contribution in [2.75, 3.05) is 31.1 Å². The maximum absolute atomic E-state index is 5.94. The Bertz CT molecular complexity index is 604. The lowest BCUT2D eigenvalue weighted by atomic mass is 10.1. The molecule has 0 saturated carbocycles. The van der Waals surface area contributed by atoms with Crippen LogP contribution >= 0.6 is 11.6 Å². The van der Waals surface area contributed by atoms with Gasteiger partial charge in [0.1, 0.15) is 0 Å². The second-order valence-corrected chi connectivity index (χ2v) is 5.70. The van der Waals surface area contributed by atoms with Gasteiger partial charge >= 0.3 is 0 Å². The van der Waals surface area contributed by atoms with Crippen LogP contribution < -0.4 is 10.2 Å². The van der Waals surface area contributed by atoms with Gasteiger partial charge in [0.05, 0.1) is 5.69 Å². The molecule has 0 aliphatic carbocycles. The highest BCUT2D eigenvalue weighted by Gasteiger charge is 2.13. The molecular formula is C16H19ClN4. The molecule has 1 saturated heterocycles. The standard InChI is InChI=1S/C16H19ClN4/c1-12-15(13-3-5-14(17)6-4-13)11-19-16(20-12)21-9-2-7-18-8-10-21/h3-6,11,18H,2,7-10H2,1H3. The minimum absolute atomic E-state index is 0.742. The number of nitrogens with one attached hydrogen (secondary N) is 1. The average Bonchev–Trinajstić information content (AvgIpc) is 2.77. The molecule has 0 amide bonds. The van der Waals surface area contributed by atoms with E-state index in [4.69, 9.17) is 16.6 Å². The van der Waals surface area contributed by atoms with Crippen LogP contribution in [0.25, 0.3) is 11.1 Å². The van der Waals surface area contributed by atoms with Crippen LogP contribution in [0.5, 0.6) is 0 Å². The van der Waals surface area contributed by atoms with Crippen molar-refractivity contribution in [3.63, 3.8) is 0 Å². The van der Waals surface area contributed by atoms with Crippen molar-refractivity contribution < 1.29 is 0 Å². The number of anilines is 1. The number of aromatic nitrogens is 2. The van der Waals surface area contributed by atoms with Crippen molar-refractivity contribution in [1.29, 1.82) is 0 Å². The minimum Gasteiger partial charge on any atom is -0.339 e. The normalized spacial score (nSPS) is 15.8. The predicted octanol–water partition coefficient (Wildman–Crippen LogP) is 2.91. The lowest BCUT2D eigenvalue weighted by Crippen LogP contribution is -2.29. The van der Waals surface area contributed by atoms with E-state index in [1.165, 1.54) is 0 Å². The van der Waals surface area contributed by atoms with E-state index in [9.17, 15) is 0 Å². The highest BCUT2D eigenvalue weighted by Crippen LogP contribution is 2.24. The molecule has 110 valence electrons. The average molecular weight is 303 g/mol. The number of hydrogen-bond donors (Lipinski definition) is 1. The number of nitrogens with zero attached hydrogens (tertiary/aromatic N) is 3. The van der Waals surface area contributed by atoms with Gasteiger partial charge in [0.15, 0.2) is 0 Å². The maximum Gasteiger partial charge on any atom is 0.225 e. The molecular weight excluding hydrogens is 284 g/mol. The summed E-state index contributed by atoms with van der Waals surface area (Å²) >= 11 is 5.94. The van der Waals surface area contributed by atoms with Crippen LogP contribution in [-0.2, 0) is 0 Å². The number of halogens is 1. The fraction of sp³-hybridized carbons (Fsp3) is 0.375. The summed E-state index contributed by atoms with van der Waals surface area (Å²) in [4.78, 5) is 11.5. The van der Waals surface area contributed by atoms with Gasteiger partial charge in [-0.25, -0.2) is 9.97 Å². The molecule has 0 bridgehead atoms. The first kappa shape index (κ1) is 14.3. The largest absolute Gasteiger partial charge is 0.339 e. The zero-order valence-electron chi connectivity index (χ0n) is 12.1. The van der Waals surface area contributed by atoms with E-state index >= 15 is 0 Å². The summed E-state index contributed by atoms with van der Waals surface area (Å²) in [5.41, 5.74) is 3.16. The number of hydrogen-bond acceptors (Lipinski definition) is 4. The molecule has 1 N–H and O–H groups in total. The molecule has 2 aromatic rings. The van der Waals surface area contributed by atoms with Crippen LogP contribution in [0.1, 0.15) is 12.1 Å². The van der Waals surface area contributed by atoms with Crippen molar-refractivity contribution in [2.24, 2.45) is 0 Å². The molecule has 21 heavy (non-hydrogen) atoms. The minimum atomic E-state index is 0.742. The zero-order valence-corrected chi connectivity index (χ0v) is 12.9. The third kappa shape index (κ3) is 3.34. The van der Waals surface area contributed by atoms with Gasteiger partial charge in [-0.1, -0.05) is 23.7 Å². The molecule has 1 aliphatic heterocycles. The third-order valence-electron chi connectivity index (χ3n) is 3.74. The summed E-state index contributed by atoms with van der Waals surface area (Å²) in [7, 11) is 0. The monoisotopic (exact) mass is 302 g/mol. The Kier molecular flexibility index (Phi) is 4.36. The summed E-state index contributed by atoms with van der Waals surface area (Å²) in [5.74, 6) is 0.828. The molecule has 0 atom stereocenters. The summed E-state index contributed by atoms with van der Waals surface area (Å²) < 4.78 is 0. The third-order valence-corrected chi connectivity index (χ3v) is 4.00. The van der Waals surface area contributed by atoms with Gasteiger partial charge in [0, 0.05) is 36.4 Å². The molecule has 1 fully saturated rings. The van der Waals surface area contributed by atoms with Crippen molar-refractivity contribution >= 4 is 17.5 Å². The Morgan fingerprint density at radius 1 is 1.14 bits per heavy atom. The molecule has 4 nitrogen and oxygen atoms in total. The van der Waals surface area contributed by atoms with Gasteiger partial charge < -0.3 is 10.2 Å². The molecule has 2 heterocycles. The Morgan fingerprint density at radius 3 is 2.71 bits per heavy atom. The van der Waals surface area contributed by atoms with Gasteiger partial charge in [-0.15, -0.1) is 0 Å². The van der Waals surface area contributed by atoms with Gasteiger partial charge in [0.2, 0.25) is 5.95 Å². The molecule has 0 unspecified atom stereocenters. The second-order valence-electron chi connectivity index (χ2n) is 5.27. The summed E-state index contributed by atoms with van der Waals surface area (Å²) in [6, 6.07) is 7.79. The molecule has 0 radical (unpaired) electrons. The van der Waals surface area contributed by atoms with E-state index in [0.29, 0.717) is 0 Å². The van der Waals surface area contributed by atoms with E-state index in [1.54, 1.807) is 0 Å². The Labute approximate surface area is 130 Å². The highest BCUT2D eigenvalue weighted by atomic mass is 35.5.